The van der Waals surface area contributed by atoms with Crippen molar-refractivity contribution >= 4 is 27.7 Å². The van der Waals surface area contributed by atoms with Gasteiger partial charge in [-0.3, -0.25) is 4.79 Å². The largest absolute Gasteiger partial charge is 0.495 e. The van der Waals surface area contributed by atoms with Gasteiger partial charge in [0.2, 0.25) is 0 Å². The number of ether oxygens (including phenoxy) is 5. The molecule has 2 aromatic carbocycles. The Kier molecular flexibility index (Phi) is 6.41. The molecule has 0 radical (unpaired) electrons. The SMILES string of the molecule is COc1cc(C(=O)OCC(=O)c2ccc3c(c2)OCCCO3)cc(OC)c1Br. The van der Waals surface area contributed by atoms with Crippen molar-refractivity contribution in [3.63, 3.8) is 0 Å². The highest BCUT2D eigenvalue weighted by Crippen LogP contribution is 2.36. The van der Waals surface area contributed by atoms with Crippen LogP contribution in [0.15, 0.2) is 34.8 Å². The standard InChI is InChI=1S/C20H19BrO7/c1-24-17-9-13(10-18(25-2)19(17)21)20(23)28-11-14(22)12-4-5-15-16(8-12)27-7-3-6-26-15/h4-5,8-10H,3,6-7,11H2,1-2H3. The molecule has 1 heterocycles. The summed E-state index contributed by atoms with van der Waals surface area (Å²) in [6.45, 7) is 0.685. The first-order valence-corrected chi connectivity index (χ1v) is 9.34. The van der Waals surface area contributed by atoms with Crippen molar-refractivity contribution in [3.05, 3.63) is 45.9 Å². The second kappa shape index (κ2) is 8.97. The van der Waals surface area contributed by atoms with Gasteiger partial charge in [-0.05, 0) is 46.3 Å². The van der Waals surface area contributed by atoms with Gasteiger partial charge in [-0.2, -0.15) is 0 Å². The summed E-state index contributed by atoms with van der Waals surface area (Å²) in [5, 5.41) is 0. The summed E-state index contributed by atoms with van der Waals surface area (Å²) in [7, 11) is 2.95. The minimum Gasteiger partial charge on any atom is -0.495 e. The molecule has 0 N–H and O–H groups in total. The zero-order chi connectivity index (χ0) is 20.1. The summed E-state index contributed by atoms with van der Waals surface area (Å²) in [5.41, 5.74) is 0.589. The number of hydrogen-bond donors (Lipinski definition) is 0. The fraction of sp³-hybridized carbons (Fsp3) is 0.300. The van der Waals surface area contributed by atoms with Crippen LogP contribution in [0.1, 0.15) is 27.1 Å². The molecule has 0 atom stereocenters. The number of rotatable bonds is 6. The zero-order valence-corrected chi connectivity index (χ0v) is 17.0. The average Bonchev–Trinajstić information content (AvgIpc) is 2.96. The molecule has 0 aliphatic carbocycles. The van der Waals surface area contributed by atoms with Crippen molar-refractivity contribution in [1.82, 2.24) is 0 Å². The smallest absolute Gasteiger partial charge is 0.338 e. The van der Waals surface area contributed by atoms with Crippen LogP contribution >= 0.6 is 15.9 Å². The minimum atomic E-state index is -0.660. The number of fused-ring (bicyclic) bond motifs is 1. The molecule has 0 aromatic heterocycles. The molecule has 0 amide bonds. The van der Waals surface area contributed by atoms with Crippen LogP contribution in [0.5, 0.6) is 23.0 Å². The minimum absolute atomic E-state index is 0.211. The topological polar surface area (TPSA) is 80.3 Å². The van der Waals surface area contributed by atoms with Gasteiger partial charge in [0.05, 0.1) is 33.0 Å². The lowest BCUT2D eigenvalue weighted by Gasteiger charge is -2.12. The molecular formula is C20H19BrO7. The van der Waals surface area contributed by atoms with Crippen molar-refractivity contribution < 1.29 is 33.3 Å². The number of ketones is 1. The Hall–Kier alpha value is -2.74. The fourth-order valence-corrected chi connectivity index (χ4v) is 3.17. The highest BCUT2D eigenvalue weighted by Gasteiger charge is 2.18. The Morgan fingerprint density at radius 1 is 0.964 bits per heavy atom. The van der Waals surface area contributed by atoms with E-state index in [1.807, 2.05) is 0 Å². The molecule has 0 spiro atoms. The molecule has 8 heteroatoms. The average molecular weight is 451 g/mol. The number of carbonyl (C=O) groups excluding carboxylic acids is 2. The highest BCUT2D eigenvalue weighted by atomic mass is 79.9. The van der Waals surface area contributed by atoms with Crippen LogP contribution in [0, 0.1) is 0 Å². The van der Waals surface area contributed by atoms with E-state index in [2.05, 4.69) is 15.9 Å². The molecule has 148 valence electrons. The molecule has 0 fully saturated rings. The maximum absolute atomic E-state index is 12.4. The Balaban J connectivity index is 1.69. The number of halogens is 1. The zero-order valence-electron chi connectivity index (χ0n) is 15.5. The van der Waals surface area contributed by atoms with Gasteiger partial charge in [-0.25, -0.2) is 4.79 Å². The summed E-state index contributed by atoms with van der Waals surface area (Å²) >= 11 is 3.33. The molecular weight excluding hydrogens is 432 g/mol. The van der Waals surface area contributed by atoms with Crippen LogP contribution in [0.25, 0.3) is 0 Å². The van der Waals surface area contributed by atoms with Crippen LogP contribution in [-0.4, -0.2) is 45.8 Å². The van der Waals surface area contributed by atoms with Crippen molar-refractivity contribution in [2.24, 2.45) is 0 Å². The Labute approximate surface area is 170 Å². The molecule has 1 aliphatic rings. The van der Waals surface area contributed by atoms with Gasteiger partial charge in [-0.1, -0.05) is 0 Å². The van der Waals surface area contributed by atoms with E-state index in [0.717, 1.165) is 6.42 Å². The van der Waals surface area contributed by atoms with Gasteiger partial charge in [0.15, 0.2) is 23.9 Å². The quantitative estimate of drug-likeness (QED) is 0.490. The lowest BCUT2D eigenvalue weighted by molar-refractivity contribution is 0.0474. The second-order valence-electron chi connectivity index (χ2n) is 5.91. The second-order valence-corrected chi connectivity index (χ2v) is 6.70. The van der Waals surface area contributed by atoms with E-state index >= 15 is 0 Å². The molecule has 0 unspecified atom stereocenters. The first-order chi connectivity index (χ1) is 13.5. The maximum Gasteiger partial charge on any atom is 0.338 e. The summed E-state index contributed by atoms with van der Waals surface area (Å²) < 4.78 is 27.3. The first-order valence-electron chi connectivity index (χ1n) is 8.55. The van der Waals surface area contributed by atoms with E-state index in [9.17, 15) is 9.59 Å². The third-order valence-electron chi connectivity index (χ3n) is 4.09. The van der Waals surface area contributed by atoms with Crippen molar-refractivity contribution in [1.29, 1.82) is 0 Å². The lowest BCUT2D eigenvalue weighted by atomic mass is 10.1. The molecule has 1 aliphatic heterocycles. The lowest BCUT2D eigenvalue weighted by Crippen LogP contribution is -2.14. The first kappa shape index (κ1) is 20.0. The molecule has 0 saturated heterocycles. The van der Waals surface area contributed by atoms with Crippen LogP contribution in [0.3, 0.4) is 0 Å². The summed E-state index contributed by atoms with van der Waals surface area (Å²) in [6, 6.07) is 7.91. The predicted molar refractivity (Wildman–Crippen MR) is 104 cm³/mol. The van der Waals surface area contributed by atoms with E-state index in [1.54, 1.807) is 18.2 Å². The van der Waals surface area contributed by atoms with Gasteiger partial charge in [0.25, 0.3) is 0 Å². The van der Waals surface area contributed by atoms with Crippen LogP contribution in [-0.2, 0) is 4.74 Å². The van der Waals surface area contributed by atoms with Crippen molar-refractivity contribution in [2.75, 3.05) is 34.0 Å². The van der Waals surface area contributed by atoms with E-state index in [1.165, 1.54) is 26.4 Å². The molecule has 0 saturated carbocycles. The third kappa shape index (κ3) is 4.39. The molecule has 7 nitrogen and oxygen atoms in total. The monoisotopic (exact) mass is 450 g/mol. The van der Waals surface area contributed by atoms with Crippen LogP contribution < -0.4 is 18.9 Å². The summed E-state index contributed by atoms with van der Waals surface area (Å²) in [5.74, 6) is 0.935. The van der Waals surface area contributed by atoms with Gasteiger partial charge < -0.3 is 23.7 Å². The summed E-state index contributed by atoms with van der Waals surface area (Å²) in [4.78, 5) is 24.8. The summed E-state index contributed by atoms with van der Waals surface area (Å²) in [6.07, 6.45) is 0.773. The Morgan fingerprint density at radius 3 is 2.25 bits per heavy atom. The van der Waals surface area contributed by atoms with Gasteiger partial charge in [-0.15, -0.1) is 0 Å². The fourth-order valence-electron chi connectivity index (χ4n) is 2.62. The molecule has 28 heavy (non-hydrogen) atoms. The molecule has 0 bridgehead atoms. The van der Waals surface area contributed by atoms with Crippen molar-refractivity contribution in [2.45, 2.75) is 6.42 Å². The number of esters is 1. The Morgan fingerprint density at radius 2 is 1.61 bits per heavy atom. The van der Waals surface area contributed by atoms with E-state index in [-0.39, 0.29) is 11.3 Å². The van der Waals surface area contributed by atoms with Gasteiger partial charge in [0, 0.05) is 12.0 Å². The number of Topliss-reactive ketones (excluding diaryl/α,β-unsaturated/α-hetero) is 1. The van der Waals surface area contributed by atoms with Crippen LogP contribution in [0.2, 0.25) is 0 Å². The predicted octanol–water partition coefficient (Wildman–Crippen LogP) is 3.67. The number of hydrogen-bond acceptors (Lipinski definition) is 7. The number of carbonyl (C=O) groups is 2. The molecule has 2 aromatic rings. The molecule has 3 rings (SSSR count). The van der Waals surface area contributed by atoms with E-state index in [4.69, 9.17) is 23.7 Å². The normalized spacial score (nSPS) is 12.7. The van der Waals surface area contributed by atoms with E-state index in [0.29, 0.717) is 46.2 Å². The van der Waals surface area contributed by atoms with Gasteiger partial charge in [0.1, 0.15) is 16.0 Å². The maximum atomic E-state index is 12.4. The number of methoxy groups -OCH3 is 2. The van der Waals surface area contributed by atoms with Crippen molar-refractivity contribution in [3.8, 4) is 23.0 Å². The van der Waals surface area contributed by atoms with Crippen LogP contribution in [0.4, 0.5) is 0 Å². The third-order valence-corrected chi connectivity index (χ3v) is 4.87. The highest BCUT2D eigenvalue weighted by molar-refractivity contribution is 9.10. The Bertz CT molecular complexity index is 869. The van der Waals surface area contributed by atoms with E-state index < -0.39 is 12.6 Å². The number of benzene rings is 2. The van der Waals surface area contributed by atoms with Gasteiger partial charge >= 0.3 is 5.97 Å².